The molecule has 2 aromatic rings. The molecule has 2 aromatic carbocycles. The lowest BCUT2D eigenvalue weighted by Gasteiger charge is -2.23. The molecule has 6 nitrogen and oxygen atoms in total. The van der Waals surface area contributed by atoms with E-state index in [4.69, 9.17) is 0 Å². The Kier molecular flexibility index (Phi) is 7.55. The fourth-order valence-electron chi connectivity index (χ4n) is 2.83. The zero-order valence-electron chi connectivity index (χ0n) is 16.1. The molecule has 0 aromatic heterocycles. The lowest BCUT2D eigenvalue weighted by Crippen LogP contribution is -2.51. The van der Waals surface area contributed by atoms with Gasteiger partial charge in [0.15, 0.2) is 0 Å². The zero-order chi connectivity index (χ0) is 20.7. The van der Waals surface area contributed by atoms with Crippen LogP contribution in [0.3, 0.4) is 0 Å². The van der Waals surface area contributed by atoms with Gasteiger partial charge in [0.2, 0.25) is 5.91 Å². The average Bonchev–Trinajstić information content (AvgIpc) is 2.68. The summed E-state index contributed by atoms with van der Waals surface area (Å²) in [5, 5.41) is 22.0. The lowest BCUT2D eigenvalue weighted by atomic mass is 9.75. The minimum atomic E-state index is -1.73. The van der Waals surface area contributed by atoms with Crippen LogP contribution in [0.4, 0.5) is 5.69 Å². The maximum Gasteiger partial charge on any atom is 0.475 e. The Morgan fingerprint density at radius 2 is 1.82 bits per heavy atom. The summed E-state index contributed by atoms with van der Waals surface area (Å²) in [6, 6.07) is 14.5. The number of carbonyl (C=O) groups excluding carboxylic acids is 2. The van der Waals surface area contributed by atoms with Crippen molar-refractivity contribution in [1.29, 1.82) is 0 Å². The van der Waals surface area contributed by atoms with Crippen molar-refractivity contribution in [1.82, 2.24) is 5.32 Å². The number of rotatable bonds is 8. The van der Waals surface area contributed by atoms with Gasteiger partial charge in [0.05, 0.1) is 5.94 Å². The maximum absolute atomic E-state index is 12.5. The van der Waals surface area contributed by atoms with E-state index in [0.29, 0.717) is 5.69 Å². The Bertz CT molecular complexity index is 840. The molecule has 0 aliphatic rings. The van der Waals surface area contributed by atoms with Crippen LogP contribution in [0.1, 0.15) is 16.7 Å². The van der Waals surface area contributed by atoms with Gasteiger partial charge in [0, 0.05) is 5.69 Å². The van der Waals surface area contributed by atoms with Crippen LogP contribution in [-0.2, 0) is 16.0 Å². The van der Waals surface area contributed by atoms with Crippen molar-refractivity contribution in [3.63, 3.8) is 0 Å². The van der Waals surface area contributed by atoms with Crippen LogP contribution in [0.2, 0.25) is 0 Å². The average molecular weight is 380 g/mol. The topological polar surface area (TPSA) is 89.9 Å². The van der Waals surface area contributed by atoms with Gasteiger partial charge >= 0.3 is 7.12 Å². The SMILES string of the molecule is C=CC(=O)N(CC(=O)N[C@@H](Cc1ccc(C)c(C)c1)B(O)O)c1ccccc1. The van der Waals surface area contributed by atoms with E-state index in [1.165, 1.54) is 4.90 Å². The first-order valence-electron chi connectivity index (χ1n) is 9.02. The van der Waals surface area contributed by atoms with E-state index in [1.54, 1.807) is 24.3 Å². The number of hydrogen-bond donors (Lipinski definition) is 3. The molecule has 0 heterocycles. The third-order valence-corrected chi connectivity index (χ3v) is 4.54. The molecule has 0 radical (unpaired) electrons. The van der Waals surface area contributed by atoms with Gasteiger partial charge in [-0.25, -0.2) is 0 Å². The number of benzene rings is 2. The highest BCUT2D eigenvalue weighted by Gasteiger charge is 2.27. The number of anilines is 1. The molecule has 0 saturated heterocycles. The molecule has 28 heavy (non-hydrogen) atoms. The van der Waals surface area contributed by atoms with Crippen molar-refractivity contribution in [3.05, 3.63) is 77.9 Å². The summed E-state index contributed by atoms with van der Waals surface area (Å²) in [5.41, 5.74) is 3.65. The predicted molar refractivity (Wildman–Crippen MR) is 111 cm³/mol. The van der Waals surface area contributed by atoms with Crippen LogP contribution in [0, 0.1) is 13.8 Å². The van der Waals surface area contributed by atoms with Gasteiger partial charge in [-0.2, -0.15) is 0 Å². The Labute approximate surface area is 165 Å². The monoisotopic (exact) mass is 380 g/mol. The first-order chi connectivity index (χ1) is 13.3. The van der Waals surface area contributed by atoms with Crippen LogP contribution in [0.15, 0.2) is 61.2 Å². The fraction of sp³-hybridized carbons (Fsp3) is 0.238. The van der Waals surface area contributed by atoms with Crippen molar-refractivity contribution in [2.24, 2.45) is 0 Å². The van der Waals surface area contributed by atoms with Crippen LogP contribution in [0.5, 0.6) is 0 Å². The summed E-state index contributed by atoms with van der Waals surface area (Å²) < 4.78 is 0. The second kappa shape index (κ2) is 9.87. The van der Waals surface area contributed by atoms with Crippen molar-refractivity contribution in [2.45, 2.75) is 26.2 Å². The molecule has 1 atom stereocenters. The maximum atomic E-state index is 12.5. The number of hydrogen-bond acceptors (Lipinski definition) is 4. The first kappa shape index (κ1) is 21.4. The van der Waals surface area contributed by atoms with Gasteiger partial charge in [0.25, 0.3) is 5.91 Å². The molecule has 0 unspecified atom stereocenters. The van der Waals surface area contributed by atoms with E-state index < -0.39 is 24.9 Å². The first-order valence-corrected chi connectivity index (χ1v) is 9.02. The summed E-state index contributed by atoms with van der Waals surface area (Å²) in [5.74, 6) is -1.82. The molecule has 0 aliphatic heterocycles. The summed E-state index contributed by atoms with van der Waals surface area (Å²) in [4.78, 5) is 25.9. The minimum Gasteiger partial charge on any atom is -0.426 e. The van der Waals surface area contributed by atoms with Crippen LogP contribution in [0.25, 0.3) is 0 Å². The predicted octanol–water partition coefficient (Wildman–Crippen LogP) is 1.56. The molecule has 2 rings (SSSR count). The highest BCUT2D eigenvalue weighted by Crippen LogP contribution is 2.14. The number of amides is 2. The molecular weight excluding hydrogens is 355 g/mol. The van der Waals surface area contributed by atoms with Gasteiger partial charge in [-0.3, -0.25) is 14.5 Å². The van der Waals surface area contributed by atoms with Gasteiger partial charge in [-0.15, -0.1) is 0 Å². The Morgan fingerprint density at radius 3 is 2.39 bits per heavy atom. The zero-order valence-corrected chi connectivity index (χ0v) is 16.1. The third-order valence-electron chi connectivity index (χ3n) is 4.54. The van der Waals surface area contributed by atoms with Crippen LogP contribution >= 0.6 is 0 Å². The Hall–Kier alpha value is -2.90. The van der Waals surface area contributed by atoms with E-state index >= 15 is 0 Å². The largest absolute Gasteiger partial charge is 0.475 e. The smallest absolute Gasteiger partial charge is 0.426 e. The fourth-order valence-corrected chi connectivity index (χ4v) is 2.83. The molecule has 0 bridgehead atoms. The number of para-hydroxylation sites is 1. The number of nitrogens with zero attached hydrogens (tertiary/aromatic N) is 1. The Morgan fingerprint density at radius 1 is 1.14 bits per heavy atom. The van der Waals surface area contributed by atoms with Crippen LogP contribution in [-0.4, -0.2) is 41.5 Å². The van der Waals surface area contributed by atoms with Crippen molar-refractivity contribution >= 4 is 24.6 Å². The molecule has 0 saturated carbocycles. The molecule has 0 spiro atoms. The number of nitrogens with one attached hydrogen (secondary N) is 1. The third kappa shape index (κ3) is 5.80. The molecule has 7 heteroatoms. The normalized spacial score (nSPS) is 11.4. The van der Waals surface area contributed by atoms with Crippen molar-refractivity contribution < 1.29 is 19.6 Å². The summed E-state index contributed by atoms with van der Waals surface area (Å²) >= 11 is 0. The van der Waals surface area contributed by atoms with Crippen molar-refractivity contribution in [2.75, 3.05) is 11.4 Å². The van der Waals surface area contributed by atoms with Gasteiger partial charge in [-0.05, 0) is 55.2 Å². The highest BCUT2D eigenvalue weighted by atomic mass is 16.4. The molecular formula is C21H25BN2O4. The summed E-state index contributed by atoms with van der Waals surface area (Å²) in [6.45, 7) is 7.18. The lowest BCUT2D eigenvalue weighted by molar-refractivity contribution is -0.122. The van der Waals surface area contributed by atoms with Crippen LogP contribution < -0.4 is 10.2 Å². The summed E-state index contributed by atoms with van der Waals surface area (Å²) in [7, 11) is -1.73. The highest BCUT2D eigenvalue weighted by molar-refractivity contribution is 6.43. The van der Waals surface area contributed by atoms with E-state index in [9.17, 15) is 19.6 Å². The summed E-state index contributed by atoms with van der Waals surface area (Å²) in [6.07, 6.45) is 1.39. The van der Waals surface area contributed by atoms with E-state index in [2.05, 4.69) is 11.9 Å². The van der Waals surface area contributed by atoms with Crippen molar-refractivity contribution in [3.8, 4) is 0 Å². The van der Waals surface area contributed by atoms with Gasteiger partial charge in [0.1, 0.15) is 6.54 Å². The Balaban J connectivity index is 2.10. The standard InChI is InChI=1S/C21H25BN2O4/c1-4-21(26)24(18-8-6-5-7-9-18)14-20(25)23-19(22(27)28)13-17-11-10-15(2)16(3)12-17/h4-12,19,27-28H,1,13-14H2,2-3H3,(H,23,25)/t19-/m0/s1. The quantitative estimate of drug-likeness (QED) is 0.479. The molecule has 0 aliphatic carbocycles. The number of aryl methyl sites for hydroxylation is 2. The molecule has 3 N–H and O–H groups in total. The molecule has 146 valence electrons. The second-order valence-electron chi connectivity index (χ2n) is 6.67. The van der Waals surface area contributed by atoms with Gasteiger partial charge in [-0.1, -0.05) is 43.0 Å². The van der Waals surface area contributed by atoms with Gasteiger partial charge < -0.3 is 15.4 Å². The minimum absolute atomic E-state index is 0.255. The van der Waals surface area contributed by atoms with E-state index in [1.807, 2.05) is 38.1 Å². The second-order valence-corrected chi connectivity index (χ2v) is 6.67. The van der Waals surface area contributed by atoms with E-state index in [-0.39, 0.29) is 13.0 Å². The van der Waals surface area contributed by atoms with E-state index in [0.717, 1.165) is 22.8 Å². The number of carbonyl (C=O) groups is 2. The molecule has 0 fully saturated rings. The molecule has 2 amide bonds.